The van der Waals surface area contributed by atoms with E-state index in [9.17, 15) is 0 Å². The van der Waals surface area contributed by atoms with Crippen molar-refractivity contribution in [1.29, 1.82) is 0 Å². The zero-order valence-corrected chi connectivity index (χ0v) is 11.2. The lowest BCUT2D eigenvalue weighted by molar-refractivity contribution is -0.0631. The van der Waals surface area contributed by atoms with Crippen LogP contribution in [-0.2, 0) is 17.8 Å². The van der Waals surface area contributed by atoms with E-state index in [1.165, 1.54) is 5.69 Å². The normalized spacial score (nSPS) is 23.8. The molecule has 1 aromatic heterocycles. The van der Waals surface area contributed by atoms with Crippen molar-refractivity contribution in [3.63, 3.8) is 0 Å². The zero-order valence-electron chi connectivity index (χ0n) is 11.2. The maximum atomic E-state index is 5.73. The first kappa shape index (κ1) is 12.7. The minimum Gasteiger partial charge on any atom is -0.375 e. The van der Waals surface area contributed by atoms with Gasteiger partial charge in [0, 0.05) is 37.6 Å². The first-order valence-electron chi connectivity index (χ1n) is 6.62. The van der Waals surface area contributed by atoms with Crippen molar-refractivity contribution < 1.29 is 4.74 Å². The van der Waals surface area contributed by atoms with E-state index in [-0.39, 0.29) is 5.60 Å². The molecule has 2 heterocycles. The molecule has 1 aliphatic heterocycles. The Morgan fingerprint density at radius 2 is 2.35 bits per heavy atom. The van der Waals surface area contributed by atoms with Gasteiger partial charge in [0.15, 0.2) is 0 Å². The van der Waals surface area contributed by atoms with Crippen LogP contribution in [0, 0.1) is 0 Å². The number of rotatable bonds is 4. The summed E-state index contributed by atoms with van der Waals surface area (Å²) in [5.74, 6) is 0. The highest BCUT2D eigenvalue weighted by atomic mass is 16.5. The Morgan fingerprint density at radius 1 is 1.53 bits per heavy atom. The van der Waals surface area contributed by atoms with E-state index in [2.05, 4.69) is 49.0 Å². The smallest absolute Gasteiger partial charge is 0.0641 e. The summed E-state index contributed by atoms with van der Waals surface area (Å²) in [4.78, 5) is 0. The van der Waals surface area contributed by atoms with Crippen LogP contribution in [0.1, 0.15) is 39.3 Å². The summed E-state index contributed by atoms with van der Waals surface area (Å²) in [6.07, 6.45) is 4.36. The number of aromatic nitrogens is 1. The fraction of sp³-hybridized carbons (Fsp3) is 0.714. The summed E-state index contributed by atoms with van der Waals surface area (Å²) in [6, 6.07) is 4.90. The molecule has 1 aromatic rings. The number of nitrogens with one attached hydrogen (secondary N) is 1. The van der Waals surface area contributed by atoms with Crippen molar-refractivity contribution in [3.8, 4) is 0 Å². The van der Waals surface area contributed by atoms with E-state index in [1.807, 2.05) is 0 Å². The minimum atomic E-state index is 0.0304. The fourth-order valence-electron chi connectivity index (χ4n) is 2.57. The van der Waals surface area contributed by atoms with E-state index in [0.717, 1.165) is 32.5 Å². The number of hydrogen-bond acceptors (Lipinski definition) is 2. The van der Waals surface area contributed by atoms with Crippen LogP contribution in [0.4, 0.5) is 0 Å². The lowest BCUT2D eigenvalue weighted by Crippen LogP contribution is -2.43. The first-order valence-corrected chi connectivity index (χ1v) is 6.62. The highest BCUT2D eigenvalue weighted by Gasteiger charge is 2.28. The Kier molecular flexibility index (Phi) is 3.89. The molecule has 0 saturated carbocycles. The predicted octanol–water partition coefficient (Wildman–Crippen LogP) is 2.56. The molecule has 3 heteroatoms. The van der Waals surface area contributed by atoms with Gasteiger partial charge in [-0.25, -0.2) is 0 Å². The van der Waals surface area contributed by atoms with Crippen LogP contribution in [0.2, 0.25) is 0 Å². The summed E-state index contributed by atoms with van der Waals surface area (Å²) in [7, 11) is 0. The van der Waals surface area contributed by atoms with E-state index < -0.39 is 0 Å². The van der Waals surface area contributed by atoms with E-state index >= 15 is 0 Å². The molecular weight excluding hydrogens is 212 g/mol. The van der Waals surface area contributed by atoms with Crippen LogP contribution < -0.4 is 5.32 Å². The van der Waals surface area contributed by atoms with Crippen molar-refractivity contribution in [2.45, 2.75) is 58.3 Å². The molecule has 0 aromatic carbocycles. The molecule has 2 rings (SSSR count). The first-order chi connectivity index (χ1) is 8.11. The van der Waals surface area contributed by atoms with Gasteiger partial charge in [0.2, 0.25) is 0 Å². The zero-order chi connectivity index (χ0) is 12.3. The largest absolute Gasteiger partial charge is 0.375 e. The van der Waals surface area contributed by atoms with Crippen molar-refractivity contribution in [1.82, 2.24) is 9.88 Å². The van der Waals surface area contributed by atoms with Crippen LogP contribution in [0.3, 0.4) is 0 Å². The number of aryl methyl sites for hydroxylation is 1. The van der Waals surface area contributed by atoms with Gasteiger partial charge in [-0.1, -0.05) is 0 Å². The fourth-order valence-corrected chi connectivity index (χ4v) is 2.57. The van der Waals surface area contributed by atoms with E-state index in [4.69, 9.17) is 4.74 Å². The van der Waals surface area contributed by atoms with Gasteiger partial charge in [-0.2, -0.15) is 0 Å². The van der Waals surface area contributed by atoms with Crippen molar-refractivity contribution in [2.75, 3.05) is 6.61 Å². The number of nitrogens with zero attached hydrogens (tertiary/aromatic N) is 1. The minimum absolute atomic E-state index is 0.0304. The quantitative estimate of drug-likeness (QED) is 0.869. The second-order valence-corrected chi connectivity index (χ2v) is 5.46. The van der Waals surface area contributed by atoms with Gasteiger partial charge in [0.25, 0.3) is 0 Å². The lowest BCUT2D eigenvalue weighted by atomic mass is 9.94. The Labute approximate surface area is 104 Å². The molecule has 1 aliphatic rings. The molecule has 1 N–H and O–H groups in total. The van der Waals surface area contributed by atoms with Gasteiger partial charge >= 0.3 is 0 Å². The lowest BCUT2D eigenvalue weighted by Gasteiger charge is -2.36. The summed E-state index contributed by atoms with van der Waals surface area (Å²) in [5.41, 5.74) is 1.40. The topological polar surface area (TPSA) is 26.2 Å². The molecule has 0 aliphatic carbocycles. The average Bonchev–Trinajstić information content (AvgIpc) is 2.72. The van der Waals surface area contributed by atoms with Crippen LogP contribution in [-0.4, -0.2) is 22.8 Å². The molecular formula is C14H24N2O. The molecule has 0 bridgehead atoms. The van der Waals surface area contributed by atoms with Crippen LogP contribution >= 0.6 is 0 Å². The second-order valence-electron chi connectivity index (χ2n) is 5.46. The van der Waals surface area contributed by atoms with Crippen LogP contribution in [0.15, 0.2) is 18.3 Å². The number of ether oxygens (including phenoxy) is 1. The van der Waals surface area contributed by atoms with E-state index in [0.29, 0.717) is 6.04 Å². The predicted molar refractivity (Wildman–Crippen MR) is 70.0 cm³/mol. The Morgan fingerprint density at radius 3 is 3.06 bits per heavy atom. The van der Waals surface area contributed by atoms with Gasteiger partial charge in [0.1, 0.15) is 0 Å². The standard InChI is InChI=1S/C14H24N2O/c1-4-16-8-5-6-13(16)11-15-12-7-9-17-14(2,3)10-12/h5-6,8,12,15H,4,7,9-11H2,1-3H3. The molecule has 0 spiro atoms. The van der Waals surface area contributed by atoms with Gasteiger partial charge in [-0.3, -0.25) is 0 Å². The molecule has 1 unspecified atom stereocenters. The van der Waals surface area contributed by atoms with Crippen molar-refractivity contribution in [3.05, 3.63) is 24.0 Å². The van der Waals surface area contributed by atoms with E-state index in [1.54, 1.807) is 0 Å². The molecule has 1 fully saturated rings. The SMILES string of the molecule is CCn1cccc1CNC1CCOC(C)(C)C1. The Bertz CT molecular complexity index is 357. The van der Waals surface area contributed by atoms with Crippen molar-refractivity contribution in [2.24, 2.45) is 0 Å². The molecule has 96 valence electrons. The van der Waals surface area contributed by atoms with Gasteiger partial charge in [-0.15, -0.1) is 0 Å². The second kappa shape index (κ2) is 5.23. The molecule has 17 heavy (non-hydrogen) atoms. The highest BCUT2D eigenvalue weighted by molar-refractivity contribution is 5.07. The highest BCUT2D eigenvalue weighted by Crippen LogP contribution is 2.24. The maximum Gasteiger partial charge on any atom is 0.0641 e. The third kappa shape index (κ3) is 3.33. The molecule has 0 radical (unpaired) electrons. The van der Waals surface area contributed by atoms with Gasteiger partial charge in [-0.05, 0) is 45.7 Å². The number of hydrogen-bond donors (Lipinski definition) is 1. The van der Waals surface area contributed by atoms with Crippen molar-refractivity contribution >= 4 is 0 Å². The summed E-state index contributed by atoms with van der Waals surface area (Å²) in [5, 5.41) is 3.65. The summed E-state index contributed by atoms with van der Waals surface area (Å²) in [6.45, 7) is 9.41. The van der Waals surface area contributed by atoms with Crippen LogP contribution in [0.5, 0.6) is 0 Å². The molecule has 0 amide bonds. The molecule has 1 saturated heterocycles. The van der Waals surface area contributed by atoms with Crippen LogP contribution in [0.25, 0.3) is 0 Å². The molecule has 3 nitrogen and oxygen atoms in total. The third-order valence-electron chi connectivity index (χ3n) is 3.53. The summed E-state index contributed by atoms with van der Waals surface area (Å²) < 4.78 is 8.02. The monoisotopic (exact) mass is 236 g/mol. The third-order valence-corrected chi connectivity index (χ3v) is 3.53. The van der Waals surface area contributed by atoms with Gasteiger partial charge in [0.05, 0.1) is 5.60 Å². The van der Waals surface area contributed by atoms with Gasteiger partial charge < -0.3 is 14.6 Å². The average molecular weight is 236 g/mol. The Balaban J connectivity index is 1.86. The summed E-state index contributed by atoms with van der Waals surface area (Å²) >= 11 is 0. The maximum absolute atomic E-state index is 5.73. The molecule has 1 atom stereocenters. The Hall–Kier alpha value is -0.800.